The minimum atomic E-state index is -2.13. The van der Waals surface area contributed by atoms with Gasteiger partial charge in [0.15, 0.2) is 5.60 Å². The van der Waals surface area contributed by atoms with Gasteiger partial charge in [0, 0.05) is 239 Å². The van der Waals surface area contributed by atoms with Crippen molar-refractivity contribution in [3.05, 3.63) is 246 Å². The average molecular weight is 1700 g/mol. The van der Waals surface area contributed by atoms with Crippen LogP contribution in [0.5, 0.6) is 23.0 Å². The van der Waals surface area contributed by atoms with E-state index in [0.29, 0.717) is 33.8 Å². The largest absolute Gasteiger partial charge is 1.00 e. The quantitative estimate of drug-likeness (QED) is 0.0121. The van der Waals surface area contributed by atoms with Gasteiger partial charge in [0.25, 0.3) is 46.8 Å². The third kappa shape index (κ3) is 25.6. The van der Waals surface area contributed by atoms with E-state index in [-0.39, 0.29) is 235 Å². The number of fused-ring (bicyclic) bond motifs is 8. The number of hydrogen-bond donors (Lipinski definition) is 11. The van der Waals surface area contributed by atoms with Crippen molar-refractivity contribution in [2.45, 2.75) is 68.4 Å². The number of nitrogens with zero attached hydrogens (tertiary/aromatic N) is 4. The van der Waals surface area contributed by atoms with E-state index in [1.165, 1.54) is 88.3 Å². The van der Waals surface area contributed by atoms with Gasteiger partial charge in [0.05, 0.1) is 30.9 Å². The number of aromatic nitrogens is 6. The van der Waals surface area contributed by atoms with E-state index in [4.69, 9.17) is 34.1 Å². The predicted molar refractivity (Wildman–Crippen MR) is 436 cm³/mol. The SMILES string of the molecule is C.C.C.C1CCOC1.CC(=O)Oc1ccc2[nH]cc(-c3c[nH]c4ccc([N+](=O)[O-])cc34)c2c1.CC(=O)Oc1ccc2[nH]cc(C3(O)C(=O)Nc4ccc([N+](=O)[O-])cc43)c2c1.CC(=O)Oc1ccc2[nH]ccc2c1.CCO.O=C1Nc2ccc([N+](=O)[O-])cc2C1=O.O=CO[O-].O=[N+]([O-])c1ccc2[nH]cc(-c3c[nH]c4ccc(O)cc34)c2c1.[B].[H-].[K+].[K+].[Li+].[OH-]. The standard InChI is InChI=1S/C18H13N3O6.C18H13N3O4.C16H11N3O3.C10H9NO2.C8H4N2O4.C4H8O.C2H6O.CH2O3.3CH4.B.2K.Li.H2O.H/c1-9(22)27-11-3-5-15-12(7-11)14(8-19-15)18(24)13-6-10(21(25)26)2-4-16(13)20-17(18)23;1-10(22)25-12-3-5-18-14(7-12)16(9-20-18)15-8-19-17-4-2-11(21(23)24)6-13(15)17;20-10-2-4-16-12(6-10)14(8-18-16)13-7-17-15-3-1-9(19(21)22)5-11(13)15;1-7(12)13-9-2-3-10-8(6-9)4-5-11-10;11-7-5-3-4(10(13)14)1-2-6(5)9-8(7)12;1-2-4-5-3-1;1-2-3;2-1-4-3;;;;;;;;;/h2-8,19,24H,1H3,(H,20,23);2-9,19-20H,1H3;1-8,17-18,20H;2-6,11H,1H3;1-3H,(H,9,11,12);1-4H2;3H,2H2,1H3;1,3H;3*1H4;;;;;1H2;/q;;;;;;;;;;;;3*+1;;-1/p-2. The van der Waals surface area contributed by atoms with Gasteiger partial charge in [-0.15, -0.1) is 0 Å². The van der Waals surface area contributed by atoms with Gasteiger partial charge in [-0.05, 0) is 123 Å². The second-order valence-electron chi connectivity index (χ2n) is 24.4. The zero-order valence-corrected chi connectivity index (χ0v) is 70.0. The Kier molecular flexibility index (Phi) is 42.1. The summed E-state index contributed by atoms with van der Waals surface area (Å²) < 4.78 is 20.1. The molecule has 2 amide bonds. The number of ketones is 1. The van der Waals surface area contributed by atoms with Crippen molar-refractivity contribution in [2.75, 3.05) is 30.5 Å². The molecule has 9 heterocycles. The molecule has 0 spiro atoms. The summed E-state index contributed by atoms with van der Waals surface area (Å²) in [6.45, 7) is 7.75. The molecule has 1 atom stereocenters. The van der Waals surface area contributed by atoms with Crippen LogP contribution in [0.3, 0.4) is 0 Å². The van der Waals surface area contributed by atoms with Crippen LogP contribution >= 0.6 is 0 Å². The second kappa shape index (κ2) is 48.2. The van der Waals surface area contributed by atoms with Crippen LogP contribution < -0.4 is 152 Å². The topological polar surface area (TPSA) is 571 Å². The first kappa shape index (κ1) is 106. The van der Waals surface area contributed by atoms with E-state index in [1.807, 2.05) is 55.2 Å². The van der Waals surface area contributed by atoms with Crippen LogP contribution in [0.15, 0.2) is 189 Å². The van der Waals surface area contributed by atoms with E-state index in [1.54, 1.807) is 79.7 Å². The fraction of sp³-hybridized carbons (Fsp3) is 0.163. The van der Waals surface area contributed by atoms with E-state index in [9.17, 15) is 79.4 Å². The normalized spacial score (nSPS) is 12.4. The summed E-state index contributed by atoms with van der Waals surface area (Å²) in [7, 11) is 0. The number of aromatic amines is 6. The number of phenolic OH excluding ortho intramolecular Hbond substituents is 1. The smallest absolute Gasteiger partial charge is 1.00 e. The molecule has 0 saturated carbocycles. The number of carbonyl (C=O) groups excluding carboxylic acids is 7. The molecule has 3 aliphatic rings. The third-order valence-corrected chi connectivity index (χ3v) is 17.0. The summed E-state index contributed by atoms with van der Waals surface area (Å²) in [5.74, 6) is -1.94. The Hall–Kier alpha value is -11.4. The summed E-state index contributed by atoms with van der Waals surface area (Å²) in [6, 6.07) is 39.4. The average Bonchev–Trinajstić information content (AvgIpc) is 1.57. The van der Waals surface area contributed by atoms with Crippen LogP contribution in [0.25, 0.3) is 87.7 Å². The van der Waals surface area contributed by atoms with Crippen molar-refractivity contribution in [1.29, 1.82) is 0 Å². The van der Waals surface area contributed by atoms with Crippen LogP contribution in [-0.4, -0.2) is 141 Å². The molecule has 14 aromatic rings. The van der Waals surface area contributed by atoms with Gasteiger partial charge in [0.2, 0.25) is 0 Å². The number of nitro benzene ring substituents is 4. The van der Waals surface area contributed by atoms with Crippen LogP contribution in [0.4, 0.5) is 34.1 Å². The molecular weight excluding hydrogens is 1620 g/mol. The van der Waals surface area contributed by atoms with Gasteiger partial charge in [-0.1, -0.05) is 22.3 Å². The van der Waals surface area contributed by atoms with E-state index in [2.05, 4.69) is 45.4 Å². The number of anilines is 2. The van der Waals surface area contributed by atoms with Crippen LogP contribution in [0.2, 0.25) is 0 Å². The molecule has 37 nitrogen and oxygen atoms in total. The van der Waals surface area contributed by atoms with E-state index in [0.717, 1.165) is 96.0 Å². The van der Waals surface area contributed by atoms with Gasteiger partial charge < -0.3 is 91.9 Å². The Labute approximate surface area is 787 Å². The molecule has 17 rings (SSSR count). The minimum absolute atomic E-state index is 0. The third-order valence-electron chi connectivity index (χ3n) is 17.0. The molecule has 0 bridgehead atoms. The van der Waals surface area contributed by atoms with Gasteiger partial charge in [0.1, 0.15) is 23.0 Å². The molecule has 6 aromatic heterocycles. The number of aromatic hydroxyl groups is 1. The van der Waals surface area contributed by atoms with Crippen molar-refractivity contribution in [3.8, 4) is 45.3 Å². The monoisotopic (exact) mass is 1700 g/mol. The maximum atomic E-state index is 12.6. The van der Waals surface area contributed by atoms with Gasteiger partial charge in [-0.25, -0.2) is 0 Å². The van der Waals surface area contributed by atoms with Crippen LogP contribution in [-0.2, 0) is 44.0 Å². The van der Waals surface area contributed by atoms with E-state index < -0.39 is 48.9 Å². The summed E-state index contributed by atoms with van der Waals surface area (Å²) in [4.78, 5) is 139. The van der Waals surface area contributed by atoms with Crippen molar-refractivity contribution in [2.24, 2.45) is 0 Å². The number of carbonyl (C=O) groups is 7. The van der Waals surface area contributed by atoms with Crippen molar-refractivity contribution < 1.29 is 226 Å². The molecule has 0 aliphatic carbocycles. The number of ether oxygens (including phenoxy) is 4. The number of nitro groups is 4. The summed E-state index contributed by atoms with van der Waals surface area (Å²) in [5.41, 5.74) is 6.97. The number of non-ortho nitro benzene ring substituents is 4. The molecule has 1 unspecified atom stereocenters. The van der Waals surface area contributed by atoms with Gasteiger partial charge in [-0.2, -0.15) is 0 Å². The maximum Gasteiger partial charge on any atom is 1.00 e. The number of phenols is 1. The molecule has 3 aliphatic heterocycles. The molecule has 1 fully saturated rings. The van der Waals surface area contributed by atoms with Crippen LogP contribution in [0, 0.1) is 40.5 Å². The number of esters is 3. The number of aliphatic hydroxyl groups is 2. The zero-order valence-electron chi connectivity index (χ0n) is 64.7. The number of Topliss-reactive ketones (excluding diaryl/α,β-unsaturated/α-hetero) is 1. The molecule has 615 valence electrons. The predicted octanol–water partition coefficient (Wildman–Crippen LogP) is 4.80. The fourth-order valence-electron chi connectivity index (χ4n) is 12.1. The van der Waals surface area contributed by atoms with Crippen molar-refractivity contribution >= 4 is 150 Å². The number of H-pyrrole nitrogens is 6. The Bertz CT molecular complexity index is 6040. The number of amides is 2. The Balaban J connectivity index is 0.000000736. The van der Waals surface area contributed by atoms with E-state index >= 15 is 0 Å². The zero-order chi connectivity index (χ0) is 81.4. The van der Waals surface area contributed by atoms with Crippen molar-refractivity contribution in [3.63, 3.8) is 0 Å². The first-order valence-electron chi connectivity index (χ1n) is 33.7. The number of benzene rings is 8. The number of nitrogens with one attached hydrogen (secondary N) is 8. The first-order valence-corrected chi connectivity index (χ1v) is 33.7. The summed E-state index contributed by atoms with van der Waals surface area (Å²) in [6.07, 6.45) is 13.2. The second-order valence-corrected chi connectivity index (χ2v) is 24.4. The van der Waals surface area contributed by atoms with Gasteiger partial charge >= 0.3 is 140 Å². The number of rotatable bonds is 11. The molecular formula is C80H79BK2LiN12O25. The fourth-order valence-corrected chi connectivity index (χ4v) is 12.1. The maximum absolute atomic E-state index is 12.6. The molecule has 1 saturated heterocycles. The molecule has 8 aromatic carbocycles. The van der Waals surface area contributed by atoms with Gasteiger partial charge in [-0.3, -0.25) is 74.0 Å². The molecule has 121 heavy (non-hydrogen) atoms. The number of hydrogen-bond acceptors (Lipinski definition) is 25. The Morgan fingerprint density at radius 3 is 1.29 bits per heavy atom. The molecule has 41 heteroatoms. The summed E-state index contributed by atoms with van der Waals surface area (Å²) in [5, 5.41) is 90.1. The number of aliphatic hydroxyl groups excluding tert-OH is 1. The molecule has 12 N–H and O–H groups in total. The Morgan fingerprint density at radius 2 is 0.860 bits per heavy atom. The summed E-state index contributed by atoms with van der Waals surface area (Å²) >= 11 is 0. The van der Waals surface area contributed by atoms with Crippen LogP contribution in [0.1, 0.15) is 85.7 Å². The van der Waals surface area contributed by atoms with Crippen molar-refractivity contribution in [1.82, 2.24) is 29.9 Å². The Morgan fingerprint density at radius 1 is 0.496 bits per heavy atom. The molecule has 3 radical (unpaired) electrons. The minimum Gasteiger partial charge on any atom is -1.00 e. The first-order chi connectivity index (χ1) is 54.1.